The molecular formula is C32H44Cl2N16O4. The van der Waals surface area contributed by atoms with E-state index in [0.717, 1.165) is 25.7 Å². The van der Waals surface area contributed by atoms with Gasteiger partial charge in [-0.05, 0) is 38.5 Å². The van der Waals surface area contributed by atoms with Gasteiger partial charge >= 0.3 is 11.8 Å². The van der Waals surface area contributed by atoms with Crippen LogP contribution in [0, 0.1) is 0 Å². The third kappa shape index (κ3) is 8.75. The molecule has 4 saturated heterocycles. The van der Waals surface area contributed by atoms with E-state index in [9.17, 15) is 19.2 Å². The Morgan fingerprint density at radius 2 is 0.963 bits per heavy atom. The monoisotopic (exact) mass is 786 g/mol. The van der Waals surface area contributed by atoms with Gasteiger partial charge in [0, 0.05) is 52.1 Å². The predicted molar refractivity (Wildman–Crippen MR) is 202 cm³/mol. The first kappa shape index (κ1) is 38.5. The summed E-state index contributed by atoms with van der Waals surface area (Å²) >= 11 is 11.8. The summed E-state index contributed by atoms with van der Waals surface area (Å²) in [6.07, 6.45) is 6.95. The van der Waals surface area contributed by atoms with Crippen LogP contribution >= 0.6 is 23.2 Å². The van der Waals surface area contributed by atoms with Crippen LogP contribution < -0.4 is 44.2 Å². The number of hydrogen-bond acceptors (Lipinski definition) is 12. The van der Waals surface area contributed by atoms with E-state index in [0.29, 0.717) is 89.7 Å². The first-order valence-corrected chi connectivity index (χ1v) is 18.5. The summed E-state index contributed by atoms with van der Waals surface area (Å²) in [5.41, 5.74) is 21.7. The quantitative estimate of drug-likeness (QED) is 0.156. The van der Waals surface area contributed by atoms with Gasteiger partial charge in [-0.1, -0.05) is 36.0 Å². The summed E-state index contributed by atoms with van der Waals surface area (Å²) in [5, 5.41) is 12.6. The van der Waals surface area contributed by atoms with E-state index in [1.807, 2.05) is 9.80 Å². The first-order valence-electron chi connectivity index (χ1n) is 17.8. The number of aliphatic imine (C=N–C) groups is 2. The molecule has 6 rings (SSSR count). The molecule has 0 aromatic carbocycles. The number of nitrogen functional groups attached to an aromatic ring is 4. The maximum Gasteiger partial charge on any atom is 0.302 e. The van der Waals surface area contributed by atoms with Crippen LogP contribution in [0.3, 0.4) is 0 Å². The molecule has 12 N–H and O–H groups in total. The number of nitrogens with zero attached hydrogens (tertiary/aromatic N) is 8. The molecule has 6 heterocycles. The van der Waals surface area contributed by atoms with Crippen molar-refractivity contribution in [2.24, 2.45) is 9.98 Å². The van der Waals surface area contributed by atoms with E-state index in [-0.39, 0.29) is 67.9 Å². The minimum Gasteiger partial charge on any atom is -0.382 e. The number of nitrogens with one attached hydrogen (secondary N) is 4. The second kappa shape index (κ2) is 16.0. The molecule has 2 aromatic rings. The van der Waals surface area contributed by atoms with E-state index < -0.39 is 11.8 Å². The molecular weight excluding hydrogens is 743 g/mol. The smallest absolute Gasteiger partial charge is 0.302 e. The van der Waals surface area contributed by atoms with Crippen LogP contribution in [-0.4, -0.2) is 116 Å². The molecule has 22 heteroatoms. The van der Waals surface area contributed by atoms with E-state index in [1.165, 1.54) is 0 Å². The normalized spacial score (nSPS) is 20.1. The number of rotatable bonds is 9. The Bertz CT molecular complexity index is 1740. The minimum atomic E-state index is -0.700. The van der Waals surface area contributed by atoms with Crippen LogP contribution in [0.1, 0.15) is 85.2 Å². The summed E-state index contributed by atoms with van der Waals surface area (Å²) in [7, 11) is 0. The van der Waals surface area contributed by atoms with Crippen LogP contribution in [-0.2, 0) is 9.59 Å². The maximum atomic E-state index is 12.9. The number of carbonyl (C=O) groups excluding carboxylic acids is 4. The average molecular weight is 788 g/mol. The summed E-state index contributed by atoms with van der Waals surface area (Å²) in [6, 6.07) is 0. The van der Waals surface area contributed by atoms with Gasteiger partial charge in [0.15, 0.2) is 56.9 Å². The highest BCUT2D eigenvalue weighted by Gasteiger charge is 2.42. The highest BCUT2D eigenvalue weighted by atomic mass is 35.5. The van der Waals surface area contributed by atoms with Crippen molar-refractivity contribution in [1.29, 1.82) is 0 Å². The zero-order valence-corrected chi connectivity index (χ0v) is 31.1. The van der Waals surface area contributed by atoms with Gasteiger partial charge in [0.1, 0.15) is 0 Å². The lowest BCUT2D eigenvalue weighted by molar-refractivity contribution is -0.134. The van der Waals surface area contributed by atoms with Crippen molar-refractivity contribution in [2.45, 2.75) is 75.3 Å². The highest BCUT2D eigenvalue weighted by Crippen LogP contribution is 2.27. The maximum absolute atomic E-state index is 12.9. The number of likely N-dealkylation sites (tertiary alicyclic amines) is 2. The van der Waals surface area contributed by atoms with Gasteiger partial charge < -0.3 is 54.0 Å². The Morgan fingerprint density at radius 3 is 1.33 bits per heavy atom. The van der Waals surface area contributed by atoms with Crippen LogP contribution in [0.4, 0.5) is 23.3 Å². The second-order valence-electron chi connectivity index (χ2n) is 14.0. The van der Waals surface area contributed by atoms with Gasteiger partial charge in [-0.2, -0.15) is 9.98 Å². The summed E-state index contributed by atoms with van der Waals surface area (Å²) in [5.74, 6) is -1.01. The van der Waals surface area contributed by atoms with Crippen molar-refractivity contribution in [2.75, 3.05) is 62.2 Å². The Hall–Kier alpha value is -5.24. The zero-order chi connectivity index (χ0) is 38.6. The fourth-order valence-corrected chi connectivity index (χ4v) is 7.27. The molecule has 2 aromatic heterocycles. The number of nitrogens with two attached hydrogens (primary N) is 4. The van der Waals surface area contributed by atoms with Crippen molar-refractivity contribution in [3.63, 3.8) is 0 Å². The second-order valence-corrected chi connectivity index (χ2v) is 14.7. The van der Waals surface area contributed by atoms with Gasteiger partial charge in [-0.25, -0.2) is 19.9 Å². The number of aromatic nitrogens is 4. The Morgan fingerprint density at radius 1 is 0.593 bits per heavy atom. The molecule has 20 nitrogen and oxygen atoms in total. The SMILES string of the molecule is Nc1nc(N)c(C(=O)/N=C2\NCC3(CCN(C(=O)CCCCCCC(=O)N4CCC5(CC4)CN/C(=N\C(=O)c4nc(Cl)c(N)nc4N)N5)CC3)N2)nc1Cl. The Labute approximate surface area is 320 Å². The first-order chi connectivity index (χ1) is 25.8. The van der Waals surface area contributed by atoms with E-state index in [1.54, 1.807) is 0 Å². The number of anilines is 4. The van der Waals surface area contributed by atoms with E-state index in [2.05, 4.69) is 51.2 Å². The Kier molecular flexibility index (Phi) is 11.4. The molecule has 4 fully saturated rings. The molecule has 2 spiro atoms. The number of carbonyl (C=O) groups is 4. The number of unbranched alkanes of at least 4 members (excludes halogenated alkanes) is 3. The van der Waals surface area contributed by atoms with Gasteiger partial charge in [0.2, 0.25) is 11.8 Å². The van der Waals surface area contributed by atoms with Gasteiger partial charge in [0.05, 0.1) is 11.1 Å². The lowest BCUT2D eigenvalue weighted by atomic mass is 9.88. The zero-order valence-electron chi connectivity index (χ0n) is 29.6. The third-order valence-electron chi connectivity index (χ3n) is 10.3. The molecule has 0 radical (unpaired) electrons. The minimum absolute atomic E-state index is 0.0704. The average Bonchev–Trinajstić information content (AvgIpc) is 3.72. The largest absolute Gasteiger partial charge is 0.382 e. The van der Waals surface area contributed by atoms with Crippen molar-refractivity contribution in [3.8, 4) is 0 Å². The molecule has 0 unspecified atom stereocenters. The van der Waals surface area contributed by atoms with Crippen LogP contribution in [0.2, 0.25) is 10.3 Å². The predicted octanol–water partition coefficient (Wildman–Crippen LogP) is 0.0434. The highest BCUT2D eigenvalue weighted by molar-refractivity contribution is 6.32. The van der Waals surface area contributed by atoms with Crippen molar-refractivity contribution in [1.82, 2.24) is 51.0 Å². The summed E-state index contributed by atoms with van der Waals surface area (Å²) in [4.78, 5) is 78.5. The van der Waals surface area contributed by atoms with Gasteiger partial charge in [0.25, 0.3) is 0 Å². The van der Waals surface area contributed by atoms with Crippen LogP contribution in [0.5, 0.6) is 0 Å². The molecule has 4 aliphatic rings. The van der Waals surface area contributed by atoms with Gasteiger partial charge in [-0.3, -0.25) is 19.2 Å². The number of hydrogen-bond donors (Lipinski definition) is 8. The molecule has 54 heavy (non-hydrogen) atoms. The van der Waals surface area contributed by atoms with E-state index in [4.69, 9.17) is 46.1 Å². The number of guanidine groups is 2. The fourth-order valence-electron chi connectivity index (χ4n) is 7.02. The summed E-state index contributed by atoms with van der Waals surface area (Å²) in [6.45, 7) is 3.48. The Balaban J connectivity index is 0.844. The van der Waals surface area contributed by atoms with Crippen LogP contribution in [0.15, 0.2) is 9.98 Å². The lowest BCUT2D eigenvalue weighted by Crippen LogP contribution is -2.53. The molecule has 290 valence electrons. The number of halogens is 2. The van der Waals surface area contributed by atoms with Crippen molar-refractivity contribution >= 4 is 82.0 Å². The molecule has 0 saturated carbocycles. The number of amides is 4. The molecule has 0 aliphatic carbocycles. The molecule has 0 atom stereocenters. The lowest BCUT2D eigenvalue weighted by Gasteiger charge is -2.38. The molecule has 4 amide bonds. The standard InChI is InChI=1S/C32H44Cl2N16O4/c33-21-25(37)43-23(35)19(41-21)27(53)45-29-39-15-31(47-29)7-11-49(12-8-31)17(51)5-3-1-2-4-6-18(52)50-13-9-32(10-14-50)16-40-30(48-32)46-28(54)20-24(36)44-26(38)22(34)42-20/h1-16H2,(H4,35,37,43)(H4,36,38,44)(H2,39,45,47,53)(H2,40,46,48,54). The van der Waals surface area contributed by atoms with Crippen molar-refractivity contribution < 1.29 is 19.2 Å². The third-order valence-corrected chi connectivity index (χ3v) is 10.8. The topological polar surface area (TPSA) is 303 Å². The van der Waals surface area contributed by atoms with Gasteiger partial charge in [-0.15, -0.1) is 0 Å². The van der Waals surface area contributed by atoms with Crippen LogP contribution in [0.25, 0.3) is 0 Å². The molecule has 0 bridgehead atoms. The fraction of sp³-hybridized carbons (Fsp3) is 0.562. The number of piperidine rings is 2. The summed E-state index contributed by atoms with van der Waals surface area (Å²) < 4.78 is 0. The van der Waals surface area contributed by atoms with E-state index >= 15 is 0 Å². The molecule has 4 aliphatic heterocycles. The van der Waals surface area contributed by atoms with Crippen molar-refractivity contribution in [3.05, 3.63) is 21.7 Å².